The second-order valence-corrected chi connectivity index (χ2v) is 5.51. The average molecular weight is 320 g/mol. The lowest BCUT2D eigenvalue weighted by Gasteiger charge is -2.34. The summed E-state index contributed by atoms with van der Waals surface area (Å²) >= 11 is 3.49. The van der Waals surface area contributed by atoms with Crippen LogP contribution in [0.25, 0.3) is 0 Å². The van der Waals surface area contributed by atoms with Crippen molar-refractivity contribution in [3.8, 4) is 0 Å². The van der Waals surface area contributed by atoms with Crippen LogP contribution >= 0.6 is 15.9 Å². The highest BCUT2D eigenvalue weighted by atomic mass is 79.9. The summed E-state index contributed by atoms with van der Waals surface area (Å²) in [6.45, 7) is 2.13. The molecule has 0 saturated carbocycles. The van der Waals surface area contributed by atoms with Gasteiger partial charge in [-0.15, -0.1) is 0 Å². The number of benzene rings is 2. The van der Waals surface area contributed by atoms with Gasteiger partial charge in [-0.25, -0.2) is 0 Å². The Balaban J connectivity index is 2.37. The van der Waals surface area contributed by atoms with Crippen molar-refractivity contribution in [2.45, 2.75) is 18.9 Å². The number of hydrogen-bond acceptors (Lipinski definition) is 2. The first-order chi connectivity index (χ1) is 9.20. The second-order valence-electron chi connectivity index (χ2n) is 4.60. The third kappa shape index (κ3) is 3.17. The maximum absolute atomic E-state index is 9.90. The molecule has 19 heavy (non-hydrogen) atoms. The molecule has 2 nitrogen and oxygen atoms in total. The van der Waals surface area contributed by atoms with Gasteiger partial charge in [-0.2, -0.15) is 0 Å². The Bertz CT molecular complexity index is 523. The zero-order valence-corrected chi connectivity index (χ0v) is 12.5. The van der Waals surface area contributed by atoms with Crippen LogP contribution < -0.4 is 5.32 Å². The molecule has 0 saturated heterocycles. The minimum Gasteiger partial charge on any atom is -0.394 e. The van der Waals surface area contributed by atoms with Gasteiger partial charge < -0.3 is 10.4 Å². The Kier molecular flexibility index (Phi) is 4.61. The van der Waals surface area contributed by atoms with E-state index in [2.05, 4.69) is 34.2 Å². The summed E-state index contributed by atoms with van der Waals surface area (Å²) in [6.07, 6.45) is 0.800. The van der Waals surface area contributed by atoms with E-state index >= 15 is 0 Å². The summed E-state index contributed by atoms with van der Waals surface area (Å²) in [4.78, 5) is 0. The highest BCUT2D eigenvalue weighted by Crippen LogP contribution is 2.31. The molecule has 0 aliphatic carbocycles. The van der Waals surface area contributed by atoms with Gasteiger partial charge in [-0.3, -0.25) is 0 Å². The molecule has 0 amide bonds. The van der Waals surface area contributed by atoms with Crippen molar-refractivity contribution in [1.29, 1.82) is 0 Å². The van der Waals surface area contributed by atoms with Gasteiger partial charge in [0.1, 0.15) is 0 Å². The van der Waals surface area contributed by atoms with Crippen molar-refractivity contribution in [2.75, 3.05) is 11.9 Å². The number of halogens is 1. The lowest BCUT2D eigenvalue weighted by atomic mass is 9.87. The Morgan fingerprint density at radius 3 is 2.42 bits per heavy atom. The van der Waals surface area contributed by atoms with E-state index in [1.165, 1.54) is 0 Å². The minimum absolute atomic E-state index is 0.0504. The SMILES string of the molecule is CCC(CO)(Nc1ccccc1)c1cccc(Br)c1. The molecule has 2 aromatic rings. The van der Waals surface area contributed by atoms with E-state index in [0.717, 1.165) is 22.1 Å². The van der Waals surface area contributed by atoms with Crippen molar-refractivity contribution in [3.05, 3.63) is 64.6 Å². The van der Waals surface area contributed by atoms with E-state index in [9.17, 15) is 5.11 Å². The van der Waals surface area contributed by atoms with Crippen LogP contribution in [0.3, 0.4) is 0 Å². The molecule has 0 heterocycles. The number of nitrogens with one attached hydrogen (secondary N) is 1. The molecule has 0 aromatic heterocycles. The van der Waals surface area contributed by atoms with Crippen LogP contribution in [0, 0.1) is 0 Å². The fourth-order valence-electron chi connectivity index (χ4n) is 2.19. The Morgan fingerprint density at radius 1 is 1.11 bits per heavy atom. The predicted molar refractivity (Wildman–Crippen MR) is 83.3 cm³/mol. The molecule has 0 aliphatic rings. The molecule has 2 N–H and O–H groups in total. The van der Waals surface area contributed by atoms with Crippen molar-refractivity contribution in [3.63, 3.8) is 0 Å². The lowest BCUT2D eigenvalue weighted by molar-refractivity contribution is 0.207. The quantitative estimate of drug-likeness (QED) is 0.867. The number of para-hydroxylation sites is 1. The van der Waals surface area contributed by atoms with Gasteiger partial charge in [0.15, 0.2) is 0 Å². The standard InChI is InChI=1S/C16H18BrNO/c1-2-16(12-19,13-7-6-8-14(17)11-13)18-15-9-4-3-5-10-15/h3-11,18-19H,2,12H2,1H3. The van der Waals surface area contributed by atoms with Crippen molar-refractivity contribution >= 4 is 21.6 Å². The Hall–Kier alpha value is -1.32. The minimum atomic E-state index is -0.453. The van der Waals surface area contributed by atoms with Crippen LogP contribution in [-0.4, -0.2) is 11.7 Å². The van der Waals surface area contributed by atoms with E-state index in [-0.39, 0.29) is 6.61 Å². The Morgan fingerprint density at radius 2 is 1.84 bits per heavy atom. The van der Waals surface area contributed by atoms with Crippen LogP contribution in [0.4, 0.5) is 5.69 Å². The molecule has 3 heteroatoms. The van der Waals surface area contributed by atoms with Crippen LogP contribution in [0.5, 0.6) is 0 Å². The van der Waals surface area contributed by atoms with Crippen molar-refractivity contribution in [2.24, 2.45) is 0 Å². The van der Waals surface area contributed by atoms with Gasteiger partial charge in [-0.05, 0) is 36.2 Å². The topological polar surface area (TPSA) is 32.3 Å². The van der Waals surface area contributed by atoms with Gasteiger partial charge in [-0.1, -0.05) is 53.2 Å². The predicted octanol–water partition coefficient (Wildman–Crippen LogP) is 4.16. The van der Waals surface area contributed by atoms with Crippen LogP contribution in [0.1, 0.15) is 18.9 Å². The van der Waals surface area contributed by atoms with Gasteiger partial charge >= 0.3 is 0 Å². The van der Waals surface area contributed by atoms with E-state index < -0.39 is 5.54 Å². The summed E-state index contributed by atoms with van der Waals surface area (Å²) in [6, 6.07) is 18.1. The van der Waals surface area contributed by atoms with Gasteiger partial charge in [0.2, 0.25) is 0 Å². The third-order valence-electron chi connectivity index (χ3n) is 3.41. The molecular formula is C16H18BrNO. The monoisotopic (exact) mass is 319 g/mol. The first kappa shape index (κ1) is 14.1. The van der Waals surface area contributed by atoms with E-state index in [4.69, 9.17) is 0 Å². The molecule has 1 unspecified atom stereocenters. The van der Waals surface area contributed by atoms with Crippen LogP contribution in [0.15, 0.2) is 59.1 Å². The average Bonchev–Trinajstić information content (AvgIpc) is 2.46. The fraction of sp³-hybridized carbons (Fsp3) is 0.250. The molecule has 0 spiro atoms. The summed E-state index contributed by atoms with van der Waals surface area (Å²) < 4.78 is 1.02. The largest absolute Gasteiger partial charge is 0.394 e. The highest BCUT2D eigenvalue weighted by molar-refractivity contribution is 9.10. The number of hydrogen-bond donors (Lipinski definition) is 2. The molecule has 2 aromatic carbocycles. The van der Waals surface area contributed by atoms with E-state index in [1.807, 2.05) is 48.5 Å². The molecule has 100 valence electrons. The van der Waals surface area contributed by atoms with E-state index in [1.54, 1.807) is 0 Å². The zero-order valence-electron chi connectivity index (χ0n) is 10.9. The second kappa shape index (κ2) is 6.22. The summed E-state index contributed by atoms with van der Waals surface area (Å²) in [7, 11) is 0. The number of rotatable bonds is 5. The normalized spacial score (nSPS) is 13.8. The maximum atomic E-state index is 9.90. The lowest BCUT2D eigenvalue weighted by Crippen LogP contribution is -2.38. The van der Waals surface area contributed by atoms with Crippen LogP contribution in [0.2, 0.25) is 0 Å². The number of aliphatic hydroxyl groups excluding tert-OH is 1. The maximum Gasteiger partial charge on any atom is 0.0854 e. The smallest absolute Gasteiger partial charge is 0.0854 e. The third-order valence-corrected chi connectivity index (χ3v) is 3.90. The van der Waals surface area contributed by atoms with Crippen LogP contribution in [-0.2, 0) is 5.54 Å². The van der Waals surface area contributed by atoms with Gasteiger partial charge in [0.25, 0.3) is 0 Å². The van der Waals surface area contributed by atoms with Crippen molar-refractivity contribution < 1.29 is 5.11 Å². The molecule has 1 atom stereocenters. The van der Waals surface area contributed by atoms with Gasteiger partial charge in [0, 0.05) is 10.2 Å². The molecular weight excluding hydrogens is 302 g/mol. The molecule has 2 rings (SSSR count). The molecule has 0 bridgehead atoms. The molecule has 0 aliphatic heterocycles. The van der Waals surface area contributed by atoms with Gasteiger partial charge in [0.05, 0.1) is 12.1 Å². The number of aliphatic hydroxyl groups is 1. The summed E-state index contributed by atoms with van der Waals surface area (Å²) in [5.74, 6) is 0. The fourth-order valence-corrected chi connectivity index (χ4v) is 2.59. The number of anilines is 1. The van der Waals surface area contributed by atoms with E-state index in [0.29, 0.717) is 0 Å². The zero-order chi connectivity index (χ0) is 13.7. The summed E-state index contributed by atoms with van der Waals surface area (Å²) in [5, 5.41) is 13.4. The highest BCUT2D eigenvalue weighted by Gasteiger charge is 2.29. The first-order valence-electron chi connectivity index (χ1n) is 6.40. The first-order valence-corrected chi connectivity index (χ1v) is 7.19. The van der Waals surface area contributed by atoms with Crippen molar-refractivity contribution in [1.82, 2.24) is 0 Å². The summed E-state index contributed by atoms with van der Waals surface area (Å²) in [5.41, 5.74) is 1.64. The molecule has 0 radical (unpaired) electrons. The Labute approximate surface area is 122 Å². The molecule has 0 fully saturated rings.